The van der Waals surface area contributed by atoms with E-state index in [1.165, 1.54) is 29.9 Å². The van der Waals surface area contributed by atoms with Gasteiger partial charge in [-0.2, -0.15) is 5.10 Å². The molecule has 0 saturated carbocycles. The Bertz CT molecular complexity index is 1190. The van der Waals surface area contributed by atoms with E-state index in [-0.39, 0.29) is 23.9 Å². The lowest BCUT2D eigenvalue weighted by atomic mass is 9.91. The number of halogens is 1. The maximum Gasteiger partial charge on any atom is 0.270 e. The molecule has 3 rings (SSSR count). The third-order valence-electron chi connectivity index (χ3n) is 6.98. The Morgan fingerprint density at radius 2 is 1.72 bits per heavy atom. The van der Waals surface area contributed by atoms with Crippen LogP contribution in [-0.2, 0) is 20.9 Å². The molecular weight excluding hydrogens is 505 g/mol. The van der Waals surface area contributed by atoms with E-state index in [0.29, 0.717) is 30.9 Å². The van der Waals surface area contributed by atoms with Crippen molar-refractivity contribution in [3.8, 4) is 0 Å². The summed E-state index contributed by atoms with van der Waals surface area (Å²) in [5.41, 5.74) is 0.760. The Morgan fingerprint density at radius 3 is 2.33 bits per heavy atom. The van der Waals surface area contributed by atoms with E-state index in [0.717, 1.165) is 13.1 Å². The van der Waals surface area contributed by atoms with Gasteiger partial charge in [-0.05, 0) is 44.7 Å². The molecule has 1 saturated heterocycles. The van der Waals surface area contributed by atoms with Crippen LogP contribution in [0.15, 0.2) is 30.5 Å². The van der Waals surface area contributed by atoms with E-state index >= 15 is 4.39 Å². The number of aryl methyl sites for hydroxylation is 1. The Balaban J connectivity index is 1.70. The zero-order valence-electron chi connectivity index (χ0n) is 23.2. The third-order valence-corrected chi connectivity index (χ3v) is 6.98. The SMILES string of the molecule is CCC(=O)N[C@@H](C(=O)N1CCN(C)CC1)[C@@H](C)c1ccc(NC(=O)[C@H](C)NC(=O)c2ccnn2CC)c(F)c1. The molecule has 0 unspecified atom stereocenters. The second-order valence-corrected chi connectivity index (χ2v) is 9.77. The molecule has 2 heterocycles. The molecule has 39 heavy (non-hydrogen) atoms. The Kier molecular flexibility index (Phi) is 10.2. The molecular formula is C27H38FN7O4. The number of hydrogen-bond donors (Lipinski definition) is 3. The van der Waals surface area contributed by atoms with Crippen LogP contribution in [0.4, 0.5) is 10.1 Å². The van der Waals surface area contributed by atoms with E-state index in [9.17, 15) is 19.2 Å². The van der Waals surface area contributed by atoms with Crippen molar-refractivity contribution in [1.82, 2.24) is 30.2 Å². The number of likely N-dealkylation sites (N-methyl/N-ethyl adjacent to an activating group) is 1. The predicted molar refractivity (Wildman–Crippen MR) is 145 cm³/mol. The zero-order valence-corrected chi connectivity index (χ0v) is 23.2. The lowest BCUT2D eigenvalue weighted by Crippen LogP contribution is -2.55. The Labute approximate surface area is 228 Å². The number of carbonyl (C=O) groups is 4. The van der Waals surface area contributed by atoms with Gasteiger partial charge in [0.25, 0.3) is 5.91 Å². The summed E-state index contributed by atoms with van der Waals surface area (Å²) in [6.07, 6.45) is 1.71. The molecule has 1 aliphatic rings. The monoisotopic (exact) mass is 543 g/mol. The van der Waals surface area contributed by atoms with Gasteiger partial charge in [-0.1, -0.05) is 19.9 Å². The van der Waals surface area contributed by atoms with Crippen molar-refractivity contribution in [2.45, 2.75) is 58.7 Å². The highest BCUT2D eigenvalue weighted by Gasteiger charge is 2.33. The molecule has 12 heteroatoms. The van der Waals surface area contributed by atoms with Gasteiger partial charge in [0.2, 0.25) is 17.7 Å². The summed E-state index contributed by atoms with van der Waals surface area (Å²) in [4.78, 5) is 54.6. The predicted octanol–water partition coefficient (Wildman–Crippen LogP) is 1.57. The second kappa shape index (κ2) is 13.3. The van der Waals surface area contributed by atoms with Crippen molar-refractivity contribution in [2.75, 3.05) is 38.5 Å². The van der Waals surface area contributed by atoms with Gasteiger partial charge < -0.3 is 25.8 Å². The number of nitrogens with one attached hydrogen (secondary N) is 3. The average molecular weight is 544 g/mol. The van der Waals surface area contributed by atoms with Gasteiger partial charge in [-0.15, -0.1) is 0 Å². The Morgan fingerprint density at radius 1 is 1.03 bits per heavy atom. The number of aromatic nitrogens is 2. The van der Waals surface area contributed by atoms with Gasteiger partial charge in [-0.3, -0.25) is 23.9 Å². The maximum atomic E-state index is 15.1. The van der Waals surface area contributed by atoms with Crippen LogP contribution in [0.2, 0.25) is 0 Å². The molecule has 0 aliphatic carbocycles. The molecule has 0 radical (unpaired) electrons. The first-order valence-electron chi connectivity index (χ1n) is 13.2. The van der Waals surface area contributed by atoms with E-state index in [2.05, 4.69) is 25.9 Å². The van der Waals surface area contributed by atoms with Gasteiger partial charge >= 0.3 is 0 Å². The molecule has 1 aliphatic heterocycles. The highest BCUT2D eigenvalue weighted by atomic mass is 19.1. The highest BCUT2D eigenvalue weighted by Crippen LogP contribution is 2.26. The first kappa shape index (κ1) is 29.8. The lowest BCUT2D eigenvalue weighted by Gasteiger charge is -2.36. The minimum absolute atomic E-state index is 0.0600. The second-order valence-electron chi connectivity index (χ2n) is 9.77. The number of rotatable bonds is 10. The molecule has 4 amide bonds. The van der Waals surface area contributed by atoms with Crippen LogP contribution in [0.1, 0.15) is 56.1 Å². The van der Waals surface area contributed by atoms with Gasteiger partial charge in [0, 0.05) is 51.3 Å². The molecule has 0 bridgehead atoms. The van der Waals surface area contributed by atoms with Gasteiger partial charge in [0.05, 0.1) is 5.69 Å². The molecule has 0 spiro atoms. The number of piperazine rings is 1. The fraction of sp³-hybridized carbons (Fsp3) is 0.519. The van der Waals surface area contributed by atoms with E-state index in [1.807, 2.05) is 14.0 Å². The number of carbonyl (C=O) groups excluding carboxylic acids is 4. The zero-order chi connectivity index (χ0) is 28.7. The average Bonchev–Trinajstić information content (AvgIpc) is 3.41. The standard InChI is InChI=1S/C27H38FN7O4/c1-6-23(36)32-24(27(39)34-14-12-33(5)13-15-34)17(3)19-8-9-21(20(28)16-19)31-25(37)18(4)30-26(38)22-10-11-29-35(22)7-2/h8-11,16-18,24H,6-7,12-15H2,1-5H3,(H,30,38)(H,31,37)(H,32,36)/t17-,18-,24+/m0/s1. The molecule has 212 valence electrons. The number of amides is 4. The topological polar surface area (TPSA) is 129 Å². The smallest absolute Gasteiger partial charge is 0.270 e. The van der Waals surface area contributed by atoms with Crippen LogP contribution in [0.3, 0.4) is 0 Å². The summed E-state index contributed by atoms with van der Waals surface area (Å²) in [6.45, 7) is 9.88. The third kappa shape index (κ3) is 7.41. The van der Waals surface area contributed by atoms with Gasteiger partial charge in [-0.25, -0.2) is 4.39 Å². The lowest BCUT2D eigenvalue weighted by molar-refractivity contribution is -0.138. The minimum Gasteiger partial charge on any atom is -0.344 e. The fourth-order valence-corrected chi connectivity index (χ4v) is 4.36. The fourth-order valence-electron chi connectivity index (χ4n) is 4.36. The van der Waals surface area contributed by atoms with Gasteiger partial charge in [0.15, 0.2) is 0 Å². The molecule has 1 aromatic carbocycles. The summed E-state index contributed by atoms with van der Waals surface area (Å²) in [5, 5.41) is 11.9. The maximum absolute atomic E-state index is 15.1. The van der Waals surface area contributed by atoms with Crippen molar-refractivity contribution in [1.29, 1.82) is 0 Å². The molecule has 2 aromatic rings. The molecule has 1 fully saturated rings. The number of nitrogens with zero attached hydrogens (tertiary/aromatic N) is 4. The molecule has 1 aromatic heterocycles. The van der Waals surface area contributed by atoms with Gasteiger partial charge in [0.1, 0.15) is 23.6 Å². The number of benzene rings is 1. The minimum atomic E-state index is -0.939. The number of hydrogen-bond acceptors (Lipinski definition) is 6. The van der Waals surface area contributed by atoms with E-state index < -0.39 is 35.6 Å². The summed E-state index contributed by atoms with van der Waals surface area (Å²) in [5.74, 6) is -2.74. The van der Waals surface area contributed by atoms with E-state index in [4.69, 9.17) is 0 Å². The Hall–Kier alpha value is -3.80. The van der Waals surface area contributed by atoms with Crippen LogP contribution >= 0.6 is 0 Å². The van der Waals surface area contributed by atoms with E-state index in [1.54, 1.807) is 30.9 Å². The van der Waals surface area contributed by atoms with Crippen molar-refractivity contribution >= 4 is 29.3 Å². The first-order valence-corrected chi connectivity index (χ1v) is 13.2. The molecule has 3 atom stereocenters. The van der Waals surface area contributed by atoms with Crippen molar-refractivity contribution in [3.63, 3.8) is 0 Å². The molecule has 3 N–H and O–H groups in total. The van der Waals surface area contributed by atoms with Crippen molar-refractivity contribution in [3.05, 3.63) is 47.5 Å². The summed E-state index contributed by atoms with van der Waals surface area (Å²) >= 11 is 0. The summed E-state index contributed by atoms with van der Waals surface area (Å²) in [6, 6.07) is 4.05. The van der Waals surface area contributed by atoms with Crippen LogP contribution in [0.5, 0.6) is 0 Å². The van der Waals surface area contributed by atoms with Crippen molar-refractivity contribution in [2.24, 2.45) is 0 Å². The van der Waals surface area contributed by atoms with Crippen molar-refractivity contribution < 1.29 is 23.6 Å². The normalized spacial score (nSPS) is 16.2. The first-order chi connectivity index (χ1) is 18.5. The van der Waals surface area contributed by atoms with Crippen LogP contribution in [-0.4, -0.2) is 88.5 Å². The summed E-state index contributed by atoms with van der Waals surface area (Å²) in [7, 11) is 1.99. The highest BCUT2D eigenvalue weighted by molar-refractivity contribution is 6.00. The van der Waals surface area contributed by atoms with Crippen LogP contribution < -0.4 is 16.0 Å². The van der Waals surface area contributed by atoms with Crippen LogP contribution in [0.25, 0.3) is 0 Å². The largest absolute Gasteiger partial charge is 0.344 e. The van der Waals surface area contributed by atoms with Crippen LogP contribution in [0, 0.1) is 5.82 Å². The molecule has 11 nitrogen and oxygen atoms in total. The quantitative estimate of drug-likeness (QED) is 0.417. The summed E-state index contributed by atoms with van der Waals surface area (Å²) < 4.78 is 16.6. The number of anilines is 1.